The van der Waals surface area contributed by atoms with Crippen LogP contribution in [0.1, 0.15) is 36.6 Å². The van der Waals surface area contributed by atoms with Crippen molar-refractivity contribution in [2.75, 3.05) is 6.54 Å². The van der Waals surface area contributed by atoms with Gasteiger partial charge in [-0.1, -0.05) is 23.8 Å². The van der Waals surface area contributed by atoms with Gasteiger partial charge in [-0.3, -0.25) is 0 Å². The van der Waals surface area contributed by atoms with Gasteiger partial charge in [0, 0.05) is 6.54 Å². The van der Waals surface area contributed by atoms with Crippen molar-refractivity contribution < 1.29 is 0 Å². The van der Waals surface area contributed by atoms with Gasteiger partial charge in [-0.05, 0) is 51.0 Å². The highest BCUT2D eigenvalue weighted by atomic mass is 32.1. The Kier molecular flexibility index (Phi) is 4.74. The summed E-state index contributed by atoms with van der Waals surface area (Å²) in [7, 11) is 0. The Morgan fingerprint density at radius 2 is 2.06 bits per heavy atom. The van der Waals surface area contributed by atoms with Gasteiger partial charge in [-0.15, -0.1) is 0 Å². The van der Waals surface area contributed by atoms with E-state index in [1.807, 2.05) is 6.92 Å². The van der Waals surface area contributed by atoms with Crippen LogP contribution in [0.2, 0.25) is 0 Å². The molecule has 1 rings (SSSR count). The molecule has 2 nitrogen and oxygen atoms in total. The maximum Gasteiger partial charge on any atom is 0.166 e. The van der Waals surface area contributed by atoms with Crippen LogP contribution >= 0.6 is 12.2 Å². The second kappa shape index (κ2) is 5.85. The fourth-order valence-corrected chi connectivity index (χ4v) is 2.03. The summed E-state index contributed by atoms with van der Waals surface area (Å²) in [5, 5.41) is 7.10. The summed E-state index contributed by atoms with van der Waals surface area (Å²) < 4.78 is 0. The molecule has 1 unspecified atom stereocenters. The highest BCUT2D eigenvalue weighted by Gasteiger charge is 2.09. The predicted octanol–water partition coefficient (Wildman–Crippen LogP) is 2.85. The summed E-state index contributed by atoms with van der Waals surface area (Å²) in [6, 6.07) is 6.74. The van der Waals surface area contributed by atoms with Crippen molar-refractivity contribution in [2.24, 2.45) is 0 Å². The molecule has 0 bridgehead atoms. The van der Waals surface area contributed by atoms with E-state index in [4.69, 9.17) is 12.2 Å². The van der Waals surface area contributed by atoms with Crippen LogP contribution in [-0.4, -0.2) is 11.7 Å². The number of aryl methyl sites for hydroxylation is 2. The third kappa shape index (κ3) is 3.49. The quantitative estimate of drug-likeness (QED) is 0.789. The van der Waals surface area contributed by atoms with Gasteiger partial charge in [0.25, 0.3) is 0 Å². The Labute approximate surface area is 103 Å². The smallest absolute Gasteiger partial charge is 0.166 e. The first kappa shape index (κ1) is 13.0. The molecule has 0 heterocycles. The van der Waals surface area contributed by atoms with Gasteiger partial charge >= 0.3 is 0 Å². The minimum Gasteiger partial charge on any atom is -0.363 e. The van der Waals surface area contributed by atoms with Crippen LogP contribution in [0.4, 0.5) is 0 Å². The second-order valence-corrected chi connectivity index (χ2v) is 4.49. The highest BCUT2D eigenvalue weighted by Crippen LogP contribution is 2.18. The molecule has 0 saturated heterocycles. The molecule has 0 aromatic heterocycles. The van der Waals surface area contributed by atoms with Crippen LogP contribution in [-0.2, 0) is 0 Å². The van der Waals surface area contributed by atoms with E-state index in [2.05, 4.69) is 49.6 Å². The Morgan fingerprint density at radius 1 is 1.38 bits per heavy atom. The lowest BCUT2D eigenvalue weighted by atomic mass is 10.0. The molecule has 1 atom stereocenters. The molecule has 2 N–H and O–H groups in total. The maximum atomic E-state index is 5.18. The van der Waals surface area contributed by atoms with Gasteiger partial charge in [0.05, 0.1) is 6.04 Å². The van der Waals surface area contributed by atoms with E-state index in [0.717, 1.165) is 11.7 Å². The van der Waals surface area contributed by atoms with Gasteiger partial charge in [-0.25, -0.2) is 0 Å². The first-order valence-corrected chi connectivity index (χ1v) is 6.07. The zero-order valence-electron chi connectivity index (χ0n) is 10.4. The summed E-state index contributed by atoms with van der Waals surface area (Å²) in [5.74, 6) is 0. The molecule has 0 aliphatic rings. The van der Waals surface area contributed by atoms with Crippen molar-refractivity contribution >= 4 is 17.3 Å². The molecule has 0 spiro atoms. The first-order chi connectivity index (χ1) is 7.54. The Bertz CT molecular complexity index is 374. The minimum atomic E-state index is 0.242. The van der Waals surface area contributed by atoms with Crippen LogP contribution in [0.25, 0.3) is 0 Å². The maximum absolute atomic E-state index is 5.18. The molecule has 0 radical (unpaired) electrons. The van der Waals surface area contributed by atoms with Gasteiger partial charge in [-0.2, -0.15) is 0 Å². The summed E-state index contributed by atoms with van der Waals surface area (Å²) in [6.07, 6.45) is 0. The Hall–Kier alpha value is -1.09. The predicted molar refractivity (Wildman–Crippen MR) is 73.7 cm³/mol. The highest BCUT2D eigenvalue weighted by molar-refractivity contribution is 7.80. The lowest BCUT2D eigenvalue weighted by molar-refractivity contribution is 0.697. The first-order valence-electron chi connectivity index (χ1n) is 5.66. The van der Waals surface area contributed by atoms with Crippen molar-refractivity contribution in [2.45, 2.75) is 33.7 Å². The number of nitrogens with one attached hydrogen (secondary N) is 2. The van der Waals surface area contributed by atoms with E-state index in [9.17, 15) is 0 Å². The lowest BCUT2D eigenvalue weighted by Crippen LogP contribution is -2.36. The second-order valence-electron chi connectivity index (χ2n) is 4.09. The molecule has 0 saturated carbocycles. The van der Waals surface area contributed by atoms with Crippen LogP contribution in [0.3, 0.4) is 0 Å². The summed E-state index contributed by atoms with van der Waals surface area (Å²) >= 11 is 5.18. The van der Waals surface area contributed by atoms with Crippen molar-refractivity contribution in [3.8, 4) is 0 Å². The van der Waals surface area contributed by atoms with E-state index in [1.54, 1.807) is 0 Å². The molecule has 1 aromatic rings. The summed E-state index contributed by atoms with van der Waals surface area (Å²) in [5.41, 5.74) is 3.88. The minimum absolute atomic E-state index is 0.242. The van der Waals surface area contributed by atoms with E-state index >= 15 is 0 Å². The van der Waals surface area contributed by atoms with Gasteiger partial charge in [0.1, 0.15) is 0 Å². The molecule has 0 aliphatic carbocycles. The van der Waals surface area contributed by atoms with Crippen molar-refractivity contribution in [3.05, 3.63) is 34.9 Å². The van der Waals surface area contributed by atoms with E-state index < -0.39 is 0 Å². The molecular weight excluding hydrogens is 216 g/mol. The monoisotopic (exact) mass is 236 g/mol. The molecule has 0 fully saturated rings. The number of benzene rings is 1. The molecule has 3 heteroatoms. The molecular formula is C13H20N2S. The van der Waals surface area contributed by atoms with Gasteiger partial charge in [0.2, 0.25) is 0 Å². The fourth-order valence-electron chi connectivity index (χ4n) is 1.71. The van der Waals surface area contributed by atoms with Crippen LogP contribution in [0.5, 0.6) is 0 Å². The van der Waals surface area contributed by atoms with E-state index in [-0.39, 0.29) is 6.04 Å². The SMILES string of the molecule is CCNC(=S)NC(C)c1cc(C)ccc1C. The van der Waals surface area contributed by atoms with Crippen LogP contribution in [0, 0.1) is 13.8 Å². The lowest BCUT2D eigenvalue weighted by Gasteiger charge is -2.19. The molecule has 0 amide bonds. The van der Waals surface area contributed by atoms with Crippen molar-refractivity contribution in [1.82, 2.24) is 10.6 Å². The molecule has 0 aliphatic heterocycles. The largest absolute Gasteiger partial charge is 0.363 e. The van der Waals surface area contributed by atoms with E-state index in [0.29, 0.717) is 0 Å². The van der Waals surface area contributed by atoms with E-state index in [1.165, 1.54) is 16.7 Å². The van der Waals surface area contributed by atoms with Gasteiger partial charge < -0.3 is 10.6 Å². The topological polar surface area (TPSA) is 24.1 Å². The zero-order chi connectivity index (χ0) is 12.1. The Morgan fingerprint density at radius 3 is 2.69 bits per heavy atom. The van der Waals surface area contributed by atoms with Gasteiger partial charge in [0.15, 0.2) is 5.11 Å². The summed E-state index contributed by atoms with van der Waals surface area (Å²) in [6.45, 7) is 9.26. The van der Waals surface area contributed by atoms with Crippen molar-refractivity contribution in [3.63, 3.8) is 0 Å². The van der Waals surface area contributed by atoms with Crippen molar-refractivity contribution in [1.29, 1.82) is 0 Å². The molecule has 88 valence electrons. The third-order valence-electron chi connectivity index (χ3n) is 2.59. The normalized spacial score (nSPS) is 12.0. The average molecular weight is 236 g/mol. The number of thiocarbonyl (C=S) groups is 1. The standard InChI is InChI=1S/C13H20N2S/c1-5-14-13(16)15-11(4)12-8-9(2)6-7-10(12)3/h6-8,11H,5H2,1-4H3,(H2,14,15,16). The fraction of sp³-hybridized carbons (Fsp3) is 0.462. The number of hydrogen-bond donors (Lipinski definition) is 2. The van der Waals surface area contributed by atoms with Crippen LogP contribution < -0.4 is 10.6 Å². The van der Waals surface area contributed by atoms with Crippen LogP contribution in [0.15, 0.2) is 18.2 Å². The zero-order valence-corrected chi connectivity index (χ0v) is 11.2. The third-order valence-corrected chi connectivity index (χ3v) is 2.85. The number of hydrogen-bond acceptors (Lipinski definition) is 1. The molecule has 1 aromatic carbocycles. The average Bonchev–Trinajstić information content (AvgIpc) is 2.21. The molecule has 16 heavy (non-hydrogen) atoms. The summed E-state index contributed by atoms with van der Waals surface area (Å²) in [4.78, 5) is 0. The Balaban J connectivity index is 2.76. The number of rotatable bonds is 3.